The Kier molecular flexibility index (Phi) is 3.61. The molecule has 0 amide bonds. The Labute approximate surface area is 93.2 Å². The summed E-state index contributed by atoms with van der Waals surface area (Å²) in [7, 11) is 4.40. The zero-order valence-electron chi connectivity index (χ0n) is 10.2. The van der Waals surface area contributed by atoms with Crippen molar-refractivity contribution in [2.24, 2.45) is 0 Å². The minimum atomic E-state index is 0.602. The summed E-state index contributed by atoms with van der Waals surface area (Å²) in [5.74, 6) is 0. The van der Waals surface area contributed by atoms with Crippen molar-refractivity contribution >= 4 is 0 Å². The molecule has 2 fully saturated rings. The number of nitrogens with zero attached hydrogens (tertiary/aromatic N) is 3. The average molecular weight is 212 g/mol. The van der Waals surface area contributed by atoms with E-state index in [1.807, 2.05) is 0 Å². The van der Waals surface area contributed by atoms with Crippen molar-refractivity contribution < 1.29 is 0 Å². The molecule has 0 aromatic heterocycles. The zero-order chi connectivity index (χ0) is 10.8. The summed E-state index contributed by atoms with van der Waals surface area (Å²) in [6.45, 7) is 8.20. The molecule has 15 heavy (non-hydrogen) atoms. The first-order valence-electron chi connectivity index (χ1n) is 6.03. The van der Waals surface area contributed by atoms with Crippen LogP contribution in [0.15, 0.2) is 0 Å². The van der Waals surface area contributed by atoms with Crippen LogP contribution < -0.4 is 5.32 Å². The van der Waals surface area contributed by atoms with Crippen LogP contribution in [0.5, 0.6) is 0 Å². The lowest BCUT2D eigenvalue weighted by atomic mass is 10.1. The molecule has 2 aliphatic heterocycles. The van der Waals surface area contributed by atoms with Crippen LogP contribution in [-0.2, 0) is 0 Å². The second-order valence-electron chi connectivity index (χ2n) is 5.06. The first kappa shape index (κ1) is 11.3. The summed E-state index contributed by atoms with van der Waals surface area (Å²) < 4.78 is 0. The van der Waals surface area contributed by atoms with Crippen LogP contribution in [0.25, 0.3) is 0 Å². The number of rotatable bonds is 1. The molecule has 2 unspecified atom stereocenters. The monoisotopic (exact) mass is 212 g/mol. The SMILES string of the molecule is CC1CC(N2CCN(C)CC2)NCN1C. The van der Waals surface area contributed by atoms with E-state index in [0.717, 1.165) is 6.67 Å². The molecule has 0 aromatic rings. The van der Waals surface area contributed by atoms with E-state index in [1.165, 1.54) is 32.6 Å². The molecular weight excluding hydrogens is 188 g/mol. The van der Waals surface area contributed by atoms with E-state index in [4.69, 9.17) is 0 Å². The standard InChI is InChI=1S/C11H24N4/c1-10-8-11(12-9-14(10)3)15-6-4-13(2)5-7-15/h10-12H,4-9H2,1-3H3. The van der Waals surface area contributed by atoms with Gasteiger partial charge in [0.15, 0.2) is 0 Å². The fraction of sp³-hybridized carbons (Fsp3) is 1.00. The predicted octanol–water partition coefficient (Wildman–Crippen LogP) is -0.169. The molecule has 0 saturated carbocycles. The zero-order valence-corrected chi connectivity index (χ0v) is 10.2. The number of likely N-dealkylation sites (N-methyl/N-ethyl adjacent to an activating group) is 1. The maximum absolute atomic E-state index is 3.62. The molecular formula is C11H24N4. The third-order valence-electron chi connectivity index (χ3n) is 3.87. The molecule has 2 rings (SSSR count). The summed E-state index contributed by atoms with van der Waals surface area (Å²) >= 11 is 0. The van der Waals surface area contributed by atoms with Crippen LogP contribution in [0.3, 0.4) is 0 Å². The Hall–Kier alpha value is -0.160. The number of piperazine rings is 1. The molecule has 2 heterocycles. The van der Waals surface area contributed by atoms with E-state index in [0.29, 0.717) is 12.2 Å². The second kappa shape index (κ2) is 4.78. The van der Waals surface area contributed by atoms with Crippen molar-refractivity contribution in [1.82, 2.24) is 20.0 Å². The smallest absolute Gasteiger partial charge is 0.0622 e. The summed E-state index contributed by atoms with van der Waals surface area (Å²) in [5.41, 5.74) is 0. The Bertz CT molecular complexity index is 201. The van der Waals surface area contributed by atoms with Crippen LogP contribution in [0.2, 0.25) is 0 Å². The van der Waals surface area contributed by atoms with Gasteiger partial charge in [-0.15, -0.1) is 0 Å². The summed E-state index contributed by atoms with van der Waals surface area (Å²) in [6, 6.07) is 0.705. The molecule has 2 saturated heterocycles. The molecule has 0 aromatic carbocycles. The van der Waals surface area contributed by atoms with Crippen LogP contribution in [-0.4, -0.2) is 73.9 Å². The quantitative estimate of drug-likeness (QED) is 0.651. The largest absolute Gasteiger partial charge is 0.304 e. The minimum Gasteiger partial charge on any atom is -0.304 e. The molecule has 0 spiro atoms. The van der Waals surface area contributed by atoms with Gasteiger partial charge in [-0.05, 0) is 27.4 Å². The number of nitrogens with one attached hydrogen (secondary N) is 1. The Balaban J connectivity index is 1.84. The van der Waals surface area contributed by atoms with Crippen molar-refractivity contribution in [2.45, 2.75) is 25.6 Å². The topological polar surface area (TPSA) is 21.8 Å². The first-order chi connectivity index (χ1) is 7.16. The molecule has 2 aliphatic rings. The molecule has 1 N–H and O–H groups in total. The van der Waals surface area contributed by atoms with Gasteiger partial charge >= 0.3 is 0 Å². The minimum absolute atomic E-state index is 0.602. The molecule has 0 bridgehead atoms. The van der Waals surface area contributed by atoms with Gasteiger partial charge in [-0.25, -0.2) is 0 Å². The second-order valence-corrected chi connectivity index (χ2v) is 5.06. The molecule has 4 nitrogen and oxygen atoms in total. The van der Waals surface area contributed by atoms with E-state index in [-0.39, 0.29) is 0 Å². The first-order valence-corrected chi connectivity index (χ1v) is 6.03. The molecule has 0 radical (unpaired) electrons. The van der Waals surface area contributed by atoms with E-state index in [1.54, 1.807) is 0 Å². The highest BCUT2D eigenvalue weighted by Crippen LogP contribution is 2.14. The highest BCUT2D eigenvalue weighted by Gasteiger charge is 2.28. The number of hydrogen-bond acceptors (Lipinski definition) is 4. The van der Waals surface area contributed by atoms with Gasteiger partial charge in [0.1, 0.15) is 0 Å². The fourth-order valence-electron chi connectivity index (χ4n) is 2.40. The summed E-state index contributed by atoms with van der Waals surface area (Å²) in [4.78, 5) is 7.39. The van der Waals surface area contributed by atoms with Gasteiger partial charge in [0.05, 0.1) is 6.17 Å². The highest BCUT2D eigenvalue weighted by atomic mass is 15.4. The maximum Gasteiger partial charge on any atom is 0.0622 e. The fourth-order valence-corrected chi connectivity index (χ4v) is 2.40. The highest BCUT2D eigenvalue weighted by molar-refractivity contribution is 4.82. The molecule has 88 valence electrons. The van der Waals surface area contributed by atoms with Crippen molar-refractivity contribution in [1.29, 1.82) is 0 Å². The Morgan fingerprint density at radius 3 is 2.33 bits per heavy atom. The van der Waals surface area contributed by atoms with Crippen LogP contribution in [0.4, 0.5) is 0 Å². The lowest BCUT2D eigenvalue weighted by Crippen LogP contribution is -2.60. The van der Waals surface area contributed by atoms with Gasteiger partial charge in [0.2, 0.25) is 0 Å². The van der Waals surface area contributed by atoms with Gasteiger partial charge in [0.25, 0.3) is 0 Å². The lowest BCUT2D eigenvalue weighted by Gasteiger charge is -2.44. The van der Waals surface area contributed by atoms with Crippen molar-refractivity contribution in [3.8, 4) is 0 Å². The summed E-state index contributed by atoms with van der Waals surface area (Å²) in [6.07, 6.45) is 1.85. The third-order valence-corrected chi connectivity index (χ3v) is 3.87. The number of hydrogen-bond donors (Lipinski definition) is 1. The van der Waals surface area contributed by atoms with Gasteiger partial charge < -0.3 is 4.90 Å². The van der Waals surface area contributed by atoms with Crippen molar-refractivity contribution in [3.05, 3.63) is 0 Å². The summed E-state index contributed by atoms with van der Waals surface area (Å²) in [5, 5.41) is 3.62. The van der Waals surface area contributed by atoms with E-state index in [9.17, 15) is 0 Å². The Morgan fingerprint density at radius 1 is 1.07 bits per heavy atom. The normalized spacial score (nSPS) is 37.0. The van der Waals surface area contributed by atoms with Crippen molar-refractivity contribution in [3.63, 3.8) is 0 Å². The average Bonchev–Trinajstić information content (AvgIpc) is 2.23. The van der Waals surface area contributed by atoms with Crippen LogP contribution >= 0.6 is 0 Å². The van der Waals surface area contributed by atoms with E-state index in [2.05, 4.69) is 41.0 Å². The van der Waals surface area contributed by atoms with Crippen LogP contribution in [0.1, 0.15) is 13.3 Å². The van der Waals surface area contributed by atoms with E-state index < -0.39 is 0 Å². The van der Waals surface area contributed by atoms with Gasteiger partial charge in [-0.2, -0.15) is 0 Å². The van der Waals surface area contributed by atoms with Gasteiger partial charge in [0, 0.05) is 38.9 Å². The maximum atomic E-state index is 3.62. The molecule has 4 heteroatoms. The van der Waals surface area contributed by atoms with E-state index >= 15 is 0 Å². The molecule has 2 atom stereocenters. The van der Waals surface area contributed by atoms with Crippen LogP contribution in [0, 0.1) is 0 Å². The van der Waals surface area contributed by atoms with Gasteiger partial charge in [-0.3, -0.25) is 15.1 Å². The lowest BCUT2D eigenvalue weighted by molar-refractivity contribution is 0.0334. The van der Waals surface area contributed by atoms with Gasteiger partial charge in [-0.1, -0.05) is 0 Å². The van der Waals surface area contributed by atoms with Crippen molar-refractivity contribution in [2.75, 3.05) is 46.9 Å². The third kappa shape index (κ3) is 2.69. The predicted molar refractivity (Wildman–Crippen MR) is 62.7 cm³/mol. The molecule has 0 aliphatic carbocycles. The Morgan fingerprint density at radius 2 is 1.73 bits per heavy atom.